The second kappa shape index (κ2) is 7.70. The molecule has 2 aliphatic heterocycles. The first-order valence-corrected chi connectivity index (χ1v) is 8.88. The lowest BCUT2D eigenvalue weighted by Gasteiger charge is -2.34. The fraction of sp³-hybridized carbons (Fsp3) is 0.421. The van der Waals surface area contributed by atoms with Gasteiger partial charge < -0.3 is 15.3 Å². The summed E-state index contributed by atoms with van der Waals surface area (Å²) < 4.78 is 0. The Morgan fingerprint density at radius 1 is 1.27 bits per heavy atom. The molecule has 0 bridgehead atoms. The number of benzene rings is 1. The van der Waals surface area contributed by atoms with E-state index in [-0.39, 0.29) is 30.8 Å². The van der Waals surface area contributed by atoms with Gasteiger partial charge in [0.2, 0.25) is 0 Å². The molecule has 1 aromatic carbocycles. The number of likely N-dealkylation sites (tertiary alicyclic amines) is 1. The summed E-state index contributed by atoms with van der Waals surface area (Å²) in [6.07, 6.45) is 4.29. The maximum atomic E-state index is 13.0. The highest BCUT2D eigenvalue weighted by molar-refractivity contribution is 6.17. The largest absolute Gasteiger partial charge is 0.395 e. The number of anilines is 1. The number of hydrogen-bond acceptors (Lipinski definition) is 5. The zero-order valence-corrected chi connectivity index (χ0v) is 14.8. The monoisotopic (exact) mass is 357 g/mol. The van der Waals surface area contributed by atoms with E-state index in [0.717, 1.165) is 30.7 Å². The van der Waals surface area contributed by atoms with E-state index in [1.165, 1.54) is 6.08 Å². The number of imide groups is 1. The molecule has 0 spiro atoms. The van der Waals surface area contributed by atoms with Crippen molar-refractivity contribution in [2.45, 2.75) is 32.2 Å². The molecule has 1 fully saturated rings. The normalized spacial score (nSPS) is 20.4. The van der Waals surface area contributed by atoms with Crippen molar-refractivity contribution >= 4 is 23.4 Å². The summed E-state index contributed by atoms with van der Waals surface area (Å²) in [6, 6.07) is 7.17. The molecule has 1 atom stereocenters. The lowest BCUT2D eigenvalue weighted by molar-refractivity contribution is -0.137. The first-order chi connectivity index (χ1) is 12.5. The average Bonchev–Trinajstić information content (AvgIpc) is 2.90. The van der Waals surface area contributed by atoms with Gasteiger partial charge in [0.05, 0.1) is 24.4 Å². The molecular weight excluding hydrogens is 334 g/mol. The number of carbonyl (C=O) groups excluding carboxylic acids is 3. The van der Waals surface area contributed by atoms with Crippen molar-refractivity contribution in [1.82, 2.24) is 9.80 Å². The second-order valence-electron chi connectivity index (χ2n) is 6.59. The SMILES string of the molecule is CC1CCCCN1C(=O)c1ccccc1NC1=CC(=O)N(CCO)C1=O. The maximum Gasteiger partial charge on any atom is 0.277 e. The van der Waals surface area contributed by atoms with Gasteiger partial charge in [-0.2, -0.15) is 0 Å². The van der Waals surface area contributed by atoms with E-state index in [1.54, 1.807) is 24.3 Å². The van der Waals surface area contributed by atoms with Gasteiger partial charge in [-0.3, -0.25) is 19.3 Å². The van der Waals surface area contributed by atoms with Crippen LogP contribution in [0.15, 0.2) is 36.0 Å². The van der Waals surface area contributed by atoms with Gasteiger partial charge >= 0.3 is 0 Å². The number of amides is 3. The molecule has 2 heterocycles. The molecule has 138 valence electrons. The van der Waals surface area contributed by atoms with Crippen molar-refractivity contribution in [3.05, 3.63) is 41.6 Å². The summed E-state index contributed by atoms with van der Waals surface area (Å²) >= 11 is 0. The van der Waals surface area contributed by atoms with E-state index in [4.69, 9.17) is 5.11 Å². The Kier molecular flexibility index (Phi) is 5.37. The number of nitrogens with one attached hydrogen (secondary N) is 1. The molecule has 0 aliphatic carbocycles. The van der Waals surface area contributed by atoms with Crippen LogP contribution in [0.1, 0.15) is 36.5 Å². The number of rotatable bonds is 5. The molecule has 2 aliphatic rings. The summed E-state index contributed by atoms with van der Waals surface area (Å²) in [5.74, 6) is -1.05. The van der Waals surface area contributed by atoms with Gasteiger partial charge in [-0.1, -0.05) is 12.1 Å². The van der Waals surface area contributed by atoms with Crippen LogP contribution in [-0.4, -0.2) is 58.4 Å². The third-order valence-electron chi connectivity index (χ3n) is 4.82. The van der Waals surface area contributed by atoms with Crippen LogP contribution in [0.25, 0.3) is 0 Å². The van der Waals surface area contributed by atoms with Crippen molar-refractivity contribution in [2.24, 2.45) is 0 Å². The van der Waals surface area contributed by atoms with Crippen molar-refractivity contribution in [1.29, 1.82) is 0 Å². The van der Waals surface area contributed by atoms with Gasteiger partial charge in [0.15, 0.2) is 0 Å². The molecule has 0 aromatic heterocycles. The number of nitrogens with zero attached hydrogens (tertiary/aromatic N) is 2. The molecule has 3 amide bonds. The minimum Gasteiger partial charge on any atom is -0.395 e. The standard InChI is InChI=1S/C19H23N3O4/c1-13-6-4-5-9-21(13)18(25)14-7-2-3-8-15(14)20-16-12-17(24)22(10-11-23)19(16)26/h2-3,7-8,12-13,20,23H,4-6,9-11H2,1H3. The number of piperidine rings is 1. The predicted octanol–water partition coefficient (Wildman–Crippen LogP) is 1.36. The zero-order valence-electron chi connectivity index (χ0n) is 14.8. The van der Waals surface area contributed by atoms with Crippen LogP contribution in [0.5, 0.6) is 0 Å². The smallest absolute Gasteiger partial charge is 0.277 e. The Balaban J connectivity index is 1.82. The summed E-state index contributed by atoms with van der Waals surface area (Å²) in [7, 11) is 0. The Morgan fingerprint density at radius 2 is 2.04 bits per heavy atom. The van der Waals surface area contributed by atoms with E-state index in [9.17, 15) is 14.4 Å². The molecule has 0 radical (unpaired) electrons. The Bertz CT molecular complexity index is 759. The van der Waals surface area contributed by atoms with Crippen molar-refractivity contribution in [3.8, 4) is 0 Å². The maximum absolute atomic E-state index is 13.0. The van der Waals surface area contributed by atoms with Crippen molar-refractivity contribution in [3.63, 3.8) is 0 Å². The van der Waals surface area contributed by atoms with E-state index >= 15 is 0 Å². The van der Waals surface area contributed by atoms with E-state index in [2.05, 4.69) is 5.32 Å². The minimum atomic E-state index is -0.502. The lowest BCUT2D eigenvalue weighted by Crippen LogP contribution is -2.42. The van der Waals surface area contributed by atoms with Crippen LogP contribution >= 0.6 is 0 Å². The number of β-amino-alcohol motifs (C(OH)–C–C–N with tert-alkyl or cyclic N) is 1. The predicted molar refractivity (Wildman–Crippen MR) is 96.3 cm³/mol. The van der Waals surface area contributed by atoms with Gasteiger partial charge in [-0.25, -0.2) is 0 Å². The van der Waals surface area contributed by atoms with Crippen LogP contribution in [-0.2, 0) is 9.59 Å². The van der Waals surface area contributed by atoms with Gasteiger partial charge in [-0.15, -0.1) is 0 Å². The van der Waals surface area contributed by atoms with Crippen molar-refractivity contribution < 1.29 is 19.5 Å². The molecular formula is C19H23N3O4. The van der Waals surface area contributed by atoms with Crippen LogP contribution in [0.2, 0.25) is 0 Å². The topological polar surface area (TPSA) is 90.0 Å². The second-order valence-corrected chi connectivity index (χ2v) is 6.59. The van der Waals surface area contributed by atoms with Gasteiger partial charge in [0.1, 0.15) is 5.70 Å². The van der Waals surface area contributed by atoms with Gasteiger partial charge in [0.25, 0.3) is 17.7 Å². The molecule has 7 heteroatoms. The molecule has 1 saturated heterocycles. The molecule has 26 heavy (non-hydrogen) atoms. The first kappa shape index (κ1) is 18.1. The highest BCUT2D eigenvalue weighted by Gasteiger charge is 2.32. The first-order valence-electron chi connectivity index (χ1n) is 8.88. The summed E-state index contributed by atoms with van der Waals surface area (Å²) in [5.41, 5.74) is 1.08. The molecule has 2 N–H and O–H groups in total. The Labute approximate surface area is 152 Å². The van der Waals surface area contributed by atoms with Crippen LogP contribution in [0.4, 0.5) is 5.69 Å². The molecule has 1 unspecified atom stereocenters. The highest BCUT2D eigenvalue weighted by atomic mass is 16.3. The van der Waals surface area contributed by atoms with Crippen LogP contribution in [0, 0.1) is 0 Å². The fourth-order valence-corrected chi connectivity index (χ4v) is 3.39. The third kappa shape index (κ3) is 3.48. The summed E-state index contributed by atoms with van der Waals surface area (Å²) in [6.45, 7) is 2.42. The Morgan fingerprint density at radius 3 is 2.77 bits per heavy atom. The summed E-state index contributed by atoms with van der Waals surface area (Å²) in [4.78, 5) is 40.0. The minimum absolute atomic E-state index is 0.0504. The van der Waals surface area contributed by atoms with Crippen molar-refractivity contribution in [2.75, 3.05) is 25.0 Å². The molecule has 3 rings (SSSR count). The molecule has 1 aromatic rings. The number of aliphatic hydroxyl groups excluding tert-OH is 1. The van der Waals surface area contributed by atoms with Gasteiger partial charge in [-0.05, 0) is 38.3 Å². The number of aliphatic hydroxyl groups is 1. The fourth-order valence-electron chi connectivity index (χ4n) is 3.39. The quantitative estimate of drug-likeness (QED) is 0.777. The lowest BCUT2D eigenvalue weighted by atomic mass is 10.0. The van der Waals surface area contributed by atoms with E-state index in [0.29, 0.717) is 11.3 Å². The molecule has 0 saturated carbocycles. The zero-order chi connectivity index (χ0) is 18.7. The number of para-hydroxylation sites is 1. The Hall–Kier alpha value is -2.67. The average molecular weight is 357 g/mol. The van der Waals surface area contributed by atoms with E-state index < -0.39 is 11.8 Å². The third-order valence-corrected chi connectivity index (χ3v) is 4.82. The number of carbonyl (C=O) groups is 3. The van der Waals surface area contributed by atoms with Crippen LogP contribution < -0.4 is 5.32 Å². The summed E-state index contributed by atoms with van der Waals surface area (Å²) in [5, 5.41) is 11.9. The van der Waals surface area contributed by atoms with E-state index in [1.807, 2.05) is 11.8 Å². The number of hydrogen-bond donors (Lipinski definition) is 2. The molecule has 7 nitrogen and oxygen atoms in total. The van der Waals surface area contributed by atoms with Gasteiger partial charge in [0, 0.05) is 18.7 Å². The highest BCUT2D eigenvalue weighted by Crippen LogP contribution is 2.25. The van der Waals surface area contributed by atoms with Crippen LogP contribution in [0.3, 0.4) is 0 Å².